The minimum Gasteiger partial charge on any atom is -0.357 e. The highest BCUT2D eigenvalue weighted by atomic mass is 32.2. The maximum absolute atomic E-state index is 6.88. The number of hydrogen-bond acceptors (Lipinski definition) is 7. The topological polar surface area (TPSA) is 60.6 Å². The van der Waals surface area contributed by atoms with Gasteiger partial charge in [-0.05, 0) is 68.1 Å². The van der Waals surface area contributed by atoms with Crippen molar-refractivity contribution in [3.05, 3.63) is 34.9 Å². The second-order valence-electron chi connectivity index (χ2n) is 11.9. The monoisotopic (exact) mass is 501 g/mol. The van der Waals surface area contributed by atoms with Gasteiger partial charge in [0.25, 0.3) is 0 Å². The zero-order chi connectivity index (χ0) is 24.4. The minimum absolute atomic E-state index is 0.0220. The third kappa shape index (κ3) is 6.61. The van der Waals surface area contributed by atoms with Gasteiger partial charge in [0.05, 0.1) is 6.10 Å². The molecule has 6 bridgehead atoms. The molecule has 1 aromatic carbocycles. The van der Waals surface area contributed by atoms with Gasteiger partial charge in [-0.3, -0.25) is 15.5 Å². The van der Waals surface area contributed by atoms with Gasteiger partial charge in [-0.25, -0.2) is 4.72 Å². The summed E-state index contributed by atoms with van der Waals surface area (Å²) in [5.74, 6) is 1.51. The Morgan fingerprint density at radius 1 is 1.06 bits per heavy atom. The predicted molar refractivity (Wildman–Crippen MR) is 146 cm³/mol. The number of nitrogens with one attached hydrogen (secondary N) is 4. The molecule has 3 aliphatic heterocycles. The van der Waals surface area contributed by atoms with E-state index < -0.39 is 0 Å². The minimum atomic E-state index is 0.0220. The van der Waals surface area contributed by atoms with Crippen LogP contribution < -0.4 is 20.7 Å². The Hall–Kier alpha value is -0.670. The molecule has 0 radical (unpaired) electrons. The first-order chi connectivity index (χ1) is 16.9. The van der Waals surface area contributed by atoms with E-state index in [1.54, 1.807) is 0 Å². The molecule has 1 aromatic rings. The fourth-order valence-electron chi connectivity index (χ4n) is 6.88. The lowest BCUT2D eigenvalue weighted by Gasteiger charge is -2.40. The molecule has 0 spiro atoms. The third-order valence-electron chi connectivity index (χ3n) is 8.45. The maximum atomic E-state index is 6.88. The van der Waals surface area contributed by atoms with E-state index in [0.29, 0.717) is 17.2 Å². The van der Waals surface area contributed by atoms with Crippen molar-refractivity contribution in [3.8, 4) is 0 Å². The molecule has 4 fully saturated rings. The fraction of sp³-hybridized carbons (Fsp3) is 0.786. The van der Waals surface area contributed by atoms with Crippen molar-refractivity contribution >= 4 is 11.9 Å². The molecular weight excluding hydrogens is 454 g/mol. The molecular formula is C28H47N5OS. The van der Waals surface area contributed by atoms with Crippen molar-refractivity contribution in [1.82, 2.24) is 25.6 Å². The van der Waals surface area contributed by atoms with Gasteiger partial charge in [-0.2, -0.15) is 0 Å². The van der Waals surface area contributed by atoms with Crippen LogP contribution >= 0.6 is 11.9 Å². The molecule has 196 valence electrons. The van der Waals surface area contributed by atoms with Crippen LogP contribution in [-0.2, 0) is 4.74 Å². The first-order valence-electron chi connectivity index (χ1n) is 14.0. The number of ether oxygens (including phenoxy) is 1. The van der Waals surface area contributed by atoms with E-state index in [4.69, 9.17) is 4.74 Å². The molecule has 7 heteroatoms. The standard InChI is InChI=1S/C28H47N5OS/c1-18(2)11-22-14-29-15-23-17-33(22)16-21-9-6-10-24(12-21)35-32-28-30-25(13-26(31-28)34-23)27-19(3)7-5-8-20(27)4/h5,7-8,18,21-26,28-32H,6,9-17H2,1-4H3/t21?,22-,23+,24?,25?,26?,28?/m0/s1. The van der Waals surface area contributed by atoms with Gasteiger partial charge < -0.3 is 10.1 Å². The van der Waals surface area contributed by atoms with E-state index in [1.807, 2.05) is 11.9 Å². The zero-order valence-electron chi connectivity index (χ0n) is 22.2. The summed E-state index contributed by atoms with van der Waals surface area (Å²) in [5, 5.41) is 12.1. The molecule has 1 saturated carbocycles. The molecule has 35 heavy (non-hydrogen) atoms. The highest BCUT2D eigenvalue weighted by Gasteiger charge is 2.36. The van der Waals surface area contributed by atoms with E-state index >= 15 is 0 Å². The number of fused-ring (bicyclic) bond motifs is 6. The lowest BCUT2D eigenvalue weighted by Crippen LogP contribution is -2.61. The molecule has 8 atom stereocenters. The largest absolute Gasteiger partial charge is 0.357 e. The molecule has 6 unspecified atom stereocenters. The SMILES string of the molecule is Cc1cccc(C)c1C1CC2NC(NSC3CCCC(C3)CN3C[C@@H](CNC[C@@H]3CC(C)C)O2)N1. The van der Waals surface area contributed by atoms with Crippen LogP contribution in [0, 0.1) is 25.7 Å². The van der Waals surface area contributed by atoms with Crippen LogP contribution in [0.15, 0.2) is 18.2 Å². The van der Waals surface area contributed by atoms with Crippen molar-refractivity contribution in [2.45, 2.75) is 102 Å². The van der Waals surface area contributed by atoms with Crippen molar-refractivity contribution in [3.63, 3.8) is 0 Å². The predicted octanol–water partition coefficient (Wildman–Crippen LogP) is 4.05. The van der Waals surface area contributed by atoms with Gasteiger partial charge in [0, 0.05) is 49.9 Å². The molecule has 3 heterocycles. The van der Waals surface area contributed by atoms with Crippen molar-refractivity contribution in [1.29, 1.82) is 0 Å². The Balaban J connectivity index is 1.40. The summed E-state index contributed by atoms with van der Waals surface area (Å²) in [6.45, 7) is 13.5. The Kier molecular flexibility index (Phi) is 8.75. The Morgan fingerprint density at radius 3 is 2.69 bits per heavy atom. The van der Waals surface area contributed by atoms with Gasteiger partial charge >= 0.3 is 0 Å². The third-order valence-corrected chi connectivity index (χ3v) is 9.58. The summed E-state index contributed by atoms with van der Waals surface area (Å²) < 4.78 is 10.7. The van der Waals surface area contributed by atoms with E-state index in [9.17, 15) is 0 Å². The molecule has 0 amide bonds. The fourth-order valence-corrected chi connectivity index (χ4v) is 7.99. The van der Waals surface area contributed by atoms with Gasteiger partial charge in [0.15, 0.2) is 0 Å². The van der Waals surface area contributed by atoms with Crippen molar-refractivity contribution in [2.24, 2.45) is 11.8 Å². The van der Waals surface area contributed by atoms with E-state index in [1.165, 1.54) is 55.3 Å². The summed E-state index contributed by atoms with van der Waals surface area (Å²) >= 11 is 1.95. The van der Waals surface area contributed by atoms with Crippen LogP contribution in [0.25, 0.3) is 0 Å². The lowest BCUT2D eigenvalue weighted by atomic mass is 9.87. The Labute approximate surface area is 217 Å². The Morgan fingerprint density at radius 2 is 1.89 bits per heavy atom. The van der Waals surface area contributed by atoms with Gasteiger partial charge in [0.2, 0.25) is 0 Å². The average molecular weight is 502 g/mol. The smallest absolute Gasteiger partial charge is 0.123 e. The van der Waals surface area contributed by atoms with E-state index in [-0.39, 0.29) is 24.7 Å². The summed E-state index contributed by atoms with van der Waals surface area (Å²) in [4.78, 5) is 2.80. The lowest BCUT2D eigenvalue weighted by molar-refractivity contribution is -0.0710. The summed E-state index contributed by atoms with van der Waals surface area (Å²) in [6, 6.07) is 7.53. The van der Waals surface area contributed by atoms with E-state index in [2.05, 4.69) is 71.5 Å². The van der Waals surface area contributed by atoms with Crippen molar-refractivity contribution in [2.75, 3.05) is 26.2 Å². The maximum Gasteiger partial charge on any atom is 0.123 e. The molecule has 1 aliphatic carbocycles. The van der Waals surface area contributed by atoms with Crippen LogP contribution in [0.5, 0.6) is 0 Å². The summed E-state index contributed by atoms with van der Waals surface area (Å²) in [5.41, 5.74) is 4.15. The average Bonchev–Trinajstić information content (AvgIpc) is 2.98. The second kappa shape index (κ2) is 11.8. The first kappa shape index (κ1) is 26.0. The van der Waals surface area contributed by atoms with Gasteiger partial charge in [-0.15, -0.1) is 0 Å². The number of aryl methyl sites for hydroxylation is 2. The molecule has 6 nitrogen and oxygen atoms in total. The van der Waals surface area contributed by atoms with E-state index in [0.717, 1.165) is 32.0 Å². The zero-order valence-corrected chi connectivity index (χ0v) is 23.0. The normalized spacial score (nSPS) is 38.7. The quantitative estimate of drug-likeness (QED) is 0.466. The summed E-state index contributed by atoms with van der Waals surface area (Å²) in [7, 11) is 0. The highest BCUT2D eigenvalue weighted by molar-refractivity contribution is 7.98. The number of nitrogens with zero attached hydrogens (tertiary/aromatic N) is 1. The van der Waals surface area contributed by atoms with Gasteiger partial charge in [-0.1, -0.05) is 50.4 Å². The van der Waals surface area contributed by atoms with Crippen LogP contribution in [0.1, 0.15) is 75.1 Å². The Bertz CT molecular complexity index is 817. The van der Waals surface area contributed by atoms with Crippen LogP contribution in [-0.4, -0.2) is 61.0 Å². The molecule has 4 aliphatic rings. The molecule has 4 N–H and O–H groups in total. The molecule has 5 rings (SSSR count). The molecule has 0 aromatic heterocycles. The highest BCUT2D eigenvalue weighted by Crippen LogP contribution is 2.34. The number of benzene rings is 1. The van der Waals surface area contributed by atoms with Crippen LogP contribution in [0.2, 0.25) is 0 Å². The van der Waals surface area contributed by atoms with Crippen LogP contribution in [0.3, 0.4) is 0 Å². The van der Waals surface area contributed by atoms with Crippen molar-refractivity contribution < 1.29 is 4.74 Å². The number of rotatable bonds is 3. The first-order valence-corrected chi connectivity index (χ1v) is 14.9. The summed E-state index contributed by atoms with van der Waals surface area (Å²) in [6.07, 6.45) is 7.82. The second-order valence-corrected chi connectivity index (χ2v) is 13.0. The van der Waals surface area contributed by atoms with Gasteiger partial charge in [0.1, 0.15) is 12.5 Å². The number of hydrogen-bond donors (Lipinski definition) is 4. The molecule has 3 saturated heterocycles. The van der Waals surface area contributed by atoms with Crippen LogP contribution in [0.4, 0.5) is 0 Å².